The molecule has 2 atom stereocenters. The van der Waals surface area contributed by atoms with Crippen molar-refractivity contribution < 1.29 is 26.6 Å². The van der Waals surface area contributed by atoms with Gasteiger partial charge in [0.2, 0.25) is 0 Å². The van der Waals surface area contributed by atoms with Gasteiger partial charge in [-0.05, 0) is 58.2 Å². The molecule has 0 aromatic rings. The Morgan fingerprint density at radius 2 is 1.73 bits per heavy atom. The van der Waals surface area contributed by atoms with E-state index in [-0.39, 0.29) is 17.6 Å². The predicted molar refractivity (Wildman–Crippen MR) is 123 cm³/mol. The van der Waals surface area contributed by atoms with Crippen molar-refractivity contribution in [2.24, 2.45) is 5.92 Å². The number of alkyl carbamates (subject to hydrolysis) is 1. The SMILES string of the molecule is C=CCC(C(COS(C)(=O)=O)O[Si](C)(C)C(C)(C)C)C1(NC(=O)OC(C)(C)C)CC1. The Hall–Kier alpha value is -0.903. The van der Waals surface area contributed by atoms with Crippen molar-refractivity contribution >= 4 is 24.5 Å². The highest BCUT2D eigenvalue weighted by Gasteiger charge is 2.55. The second-order valence-corrected chi connectivity index (χ2v) is 17.2. The van der Waals surface area contributed by atoms with Gasteiger partial charge in [-0.25, -0.2) is 4.79 Å². The van der Waals surface area contributed by atoms with Crippen molar-refractivity contribution in [3.05, 3.63) is 12.7 Å². The van der Waals surface area contributed by atoms with Crippen LogP contribution in [0.4, 0.5) is 4.79 Å². The summed E-state index contributed by atoms with van der Waals surface area (Å²) in [6.45, 7) is 19.8. The Morgan fingerprint density at radius 1 is 1.20 bits per heavy atom. The molecule has 1 rings (SSSR count). The van der Waals surface area contributed by atoms with Crippen LogP contribution >= 0.6 is 0 Å². The van der Waals surface area contributed by atoms with Gasteiger partial charge < -0.3 is 14.5 Å². The highest BCUT2D eigenvalue weighted by Crippen LogP contribution is 2.48. The zero-order valence-electron chi connectivity index (χ0n) is 20.1. The molecule has 1 fully saturated rings. The molecule has 1 N–H and O–H groups in total. The number of carbonyl (C=O) groups is 1. The smallest absolute Gasteiger partial charge is 0.408 e. The Bertz CT molecular complexity index is 717. The average Bonchev–Trinajstić information content (AvgIpc) is 3.25. The van der Waals surface area contributed by atoms with Crippen molar-refractivity contribution in [1.82, 2.24) is 5.32 Å². The minimum atomic E-state index is -3.63. The van der Waals surface area contributed by atoms with Crippen molar-refractivity contribution in [3.63, 3.8) is 0 Å². The van der Waals surface area contributed by atoms with Crippen LogP contribution in [0.15, 0.2) is 12.7 Å². The van der Waals surface area contributed by atoms with Crippen LogP contribution in [0.3, 0.4) is 0 Å². The van der Waals surface area contributed by atoms with Crippen LogP contribution in [-0.2, 0) is 23.5 Å². The van der Waals surface area contributed by atoms with E-state index in [2.05, 4.69) is 45.8 Å². The number of hydrogen-bond donors (Lipinski definition) is 1. The maximum absolute atomic E-state index is 12.5. The minimum absolute atomic E-state index is 0.0651. The summed E-state index contributed by atoms with van der Waals surface area (Å²) in [6.07, 6.45) is 3.92. The van der Waals surface area contributed by atoms with E-state index in [0.717, 1.165) is 19.1 Å². The molecule has 9 heteroatoms. The topological polar surface area (TPSA) is 90.9 Å². The highest BCUT2D eigenvalue weighted by molar-refractivity contribution is 7.85. The first-order valence-electron chi connectivity index (χ1n) is 10.5. The van der Waals surface area contributed by atoms with Crippen LogP contribution in [0, 0.1) is 5.92 Å². The Kier molecular flexibility index (Phi) is 8.41. The first-order valence-corrected chi connectivity index (χ1v) is 15.2. The summed E-state index contributed by atoms with van der Waals surface area (Å²) in [4.78, 5) is 12.5. The lowest BCUT2D eigenvalue weighted by Gasteiger charge is -2.43. The Morgan fingerprint density at radius 3 is 2.10 bits per heavy atom. The number of carbonyl (C=O) groups excluding carboxylic acids is 1. The molecule has 2 unspecified atom stereocenters. The van der Waals surface area contributed by atoms with Crippen molar-refractivity contribution in [2.45, 2.75) is 96.2 Å². The van der Waals surface area contributed by atoms with Gasteiger partial charge in [0.15, 0.2) is 8.32 Å². The fourth-order valence-corrected chi connectivity index (χ4v) is 4.85. The number of amides is 1. The fourth-order valence-electron chi connectivity index (χ4n) is 3.12. The first-order chi connectivity index (χ1) is 13.3. The number of allylic oxidation sites excluding steroid dienone is 1. The van der Waals surface area contributed by atoms with Crippen LogP contribution in [0.2, 0.25) is 18.1 Å². The quantitative estimate of drug-likeness (QED) is 0.289. The number of nitrogens with one attached hydrogen (secondary N) is 1. The molecule has 7 nitrogen and oxygen atoms in total. The second kappa shape index (κ2) is 9.30. The largest absolute Gasteiger partial charge is 0.444 e. The lowest BCUT2D eigenvalue weighted by Crippen LogP contribution is -2.54. The molecular weight excluding hydrogens is 422 g/mol. The summed E-state index contributed by atoms with van der Waals surface area (Å²) in [7, 11) is -5.87. The number of ether oxygens (including phenoxy) is 1. The first kappa shape index (κ1) is 27.1. The van der Waals surface area contributed by atoms with E-state index in [1.165, 1.54) is 0 Å². The van der Waals surface area contributed by atoms with E-state index in [1.54, 1.807) is 6.08 Å². The highest BCUT2D eigenvalue weighted by atomic mass is 32.2. The van der Waals surface area contributed by atoms with Gasteiger partial charge in [-0.1, -0.05) is 26.8 Å². The molecule has 30 heavy (non-hydrogen) atoms. The number of hydrogen-bond acceptors (Lipinski definition) is 6. The van der Waals surface area contributed by atoms with Gasteiger partial charge in [0.05, 0.1) is 19.0 Å². The van der Waals surface area contributed by atoms with Crippen LogP contribution in [0.25, 0.3) is 0 Å². The molecule has 0 aromatic carbocycles. The fraction of sp³-hybridized carbons (Fsp3) is 0.857. The maximum Gasteiger partial charge on any atom is 0.408 e. The van der Waals surface area contributed by atoms with Gasteiger partial charge in [-0.15, -0.1) is 6.58 Å². The third kappa shape index (κ3) is 8.32. The number of rotatable bonds is 10. The zero-order valence-corrected chi connectivity index (χ0v) is 21.9. The molecule has 0 aromatic heterocycles. The summed E-state index contributed by atoms with van der Waals surface area (Å²) in [5.41, 5.74) is -1.13. The molecule has 0 spiro atoms. The third-order valence-corrected chi connectivity index (χ3v) is 10.9. The van der Waals surface area contributed by atoms with E-state index in [1.807, 2.05) is 20.8 Å². The van der Waals surface area contributed by atoms with Crippen molar-refractivity contribution in [3.8, 4) is 0 Å². The third-order valence-electron chi connectivity index (χ3n) is 5.82. The van der Waals surface area contributed by atoms with E-state index in [0.29, 0.717) is 6.42 Å². The molecule has 0 saturated heterocycles. The van der Waals surface area contributed by atoms with Gasteiger partial charge in [0, 0.05) is 11.5 Å². The van der Waals surface area contributed by atoms with Crippen LogP contribution in [-0.4, -0.2) is 52.9 Å². The summed E-state index contributed by atoms with van der Waals surface area (Å²) >= 11 is 0. The Balaban J connectivity index is 3.19. The summed E-state index contributed by atoms with van der Waals surface area (Å²) in [5, 5.41) is 2.97. The molecule has 0 bridgehead atoms. The molecular formula is C21H41NO6SSi. The molecule has 1 saturated carbocycles. The molecule has 0 heterocycles. The van der Waals surface area contributed by atoms with Gasteiger partial charge in [-0.3, -0.25) is 4.18 Å². The standard InChI is InChI=1S/C21H41NO6SSi/c1-11-12-16(21(13-14-21)22-18(23)27-19(2,3)4)17(15-26-29(8,24)25)28-30(9,10)20(5,6)7/h11,16-17H,1,12-15H2,2-10H3,(H,22,23). The van der Waals surface area contributed by atoms with E-state index in [9.17, 15) is 13.2 Å². The van der Waals surface area contributed by atoms with E-state index in [4.69, 9.17) is 13.3 Å². The van der Waals surface area contributed by atoms with Gasteiger partial charge in [-0.2, -0.15) is 8.42 Å². The van der Waals surface area contributed by atoms with Gasteiger partial charge in [0.1, 0.15) is 5.60 Å². The molecule has 1 aliphatic rings. The van der Waals surface area contributed by atoms with Gasteiger partial charge in [0.25, 0.3) is 10.1 Å². The lowest BCUT2D eigenvalue weighted by atomic mass is 9.88. The zero-order chi connectivity index (χ0) is 23.6. The maximum atomic E-state index is 12.5. The predicted octanol–water partition coefficient (Wildman–Crippen LogP) is 4.60. The van der Waals surface area contributed by atoms with Crippen LogP contribution in [0.5, 0.6) is 0 Å². The molecule has 0 radical (unpaired) electrons. The van der Waals surface area contributed by atoms with Crippen LogP contribution < -0.4 is 5.32 Å². The second-order valence-electron chi connectivity index (χ2n) is 10.8. The van der Waals surface area contributed by atoms with Crippen molar-refractivity contribution in [2.75, 3.05) is 12.9 Å². The molecule has 0 aliphatic heterocycles. The summed E-state index contributed by atoms with van der Waals surface area (Å²) < 4.78 is 40.7. The van der Waals surface area contributed by atoms with Crippen LogP contribution in [0.1, 0.15) is 60.8 Å². The lowest BCUT2D eigenvalue weighted by molar-refractivity contribution is 0.0288. The molecule has 1 aliphatic carbocycles. The summed E-state index contributed by atoms with van der Waals surface area (Å²) in [5.74, 6) is -0.182. The minimum Gasteiger partial charge on any atom is -0.444 e. The normalized spacial score (nSPS) is 19.0. The molecule has 1 amide bonds. The summed E-state index contributed by atoms with van der Waals surface area (Å²) in [6, 6.07) is 0. The van der Waals surface area contributed by atoms with E-state index >= 15 is 0 Å². The molecule has 176 valence electrons. The van der Waals surface area contributed by atoms with Gasteiger partial charge >= 0.3 is 6.09 Å². The average molecular weight is 464 g/mol. The van der Waals surface area contributed by atoms with Crippen molar-refractivity contribution in [1.29, 1.82) is 0 Å². The monoisotopic (exact) mass is 463 g/mol. The van der Waals surface area contributed by atoms with E-state index < -0.39 is 41.8 Å². The Labute approximate surface area is 184 Å².